The molecule has 5 heteroatoms. The molecular weight excluding hydrogens is 397 g/mol. The van der Waals surface area contributed by atoms with Crippen LogP contribution in [-0.4, -0.2) is 36.9 Å². The molecule has 81 valence electrons. The summed E-state index contributed by atoms with van der Waals surface area (Å²) in [5.41, 5.74) is 0. The van der Waals surface area contributed by atoms with Crippen molar-refractivity contribution in [2.24, 2.45) is 0 Å². The molecule has 0 saturated heterocycles. The van der Waals surface area contributed by atoms with Crippen LogP contribution >= 0.6 is 0 Å². The van der Waals surface area contributed by atoms with Crippen molar-refractivity contribution < 1.29 is 58.7 Å². The van der Waals surface area contributed by atoms with Gasteiger partial charge in [0.25, 0.3) is 0 Å². The van der Waals surface area contributed by atoms with Gasteiger partial charge in [-0.1, -0.05) is 6.92 Å². The van der Waals surface area contributed by atoms with Crippen LogP contribution in [0.4, 0.5) is 0 Å². The standard InChI is InChI=1S/C9H19NO3.Ac/c1-4-8(5-7(2)11)13-9(12)6-10-3;/h7-8,10-11H,4-6H2,1-3H3;. The minimum Gasteiger partial charge on any atom is -0.461 e. The van der Waals surface area contributed by atoms with Crippen molar-refractivity contribution in [2.45, 2.75) is 38.9 Å². The van der Waals surface area contributed by atoms with Crippen molar-refractivity contribution >= 4 is 5.97 Å². The molecule has 0 aromatic rings. The van der Waals surface area contributed by atoms with E-state index < -0.39 is 6.10 Å². The molecule has 4 nitrogen and oxygen atoms in total. The fourth-order valence-electron chi connectivity index (χ4n) is 1.05. The molecule has 0 rings (SSSR count). The summed E-state index contributed by atoms with van der Waals surface area (Å²) in [7, 11) is 1.69. The average Bonchev–Trinajstić information content (AvgIpc) is 2.02. The van der Waals surface area contributed by atoms with Gasteiger partial charge in [0.05, 0.1) is 12.6 Å². The Kier molecular flexibility index (Phi) is 12.7. The number of aliphatic hydroxyl groups is 1. The van der Waals surface area contributed by atoms with Gasteiger partial charge < -0.3 is 15.2 Å². The number of aliphatic hydroxyl groups excluding tert-OH is 1. The Hall–Kier alpha value is 0.832. The van der Waals surface area contributed by atoms with Crippen LogP contribution in [0.25, 0.3) is 0 Å². The number of carbonyl (C=O) groups is 1. The van der Waals surface area contributed by atoms with Crippen molar-refractivity contribution in [3.05, 3.63) is 0 Å². The first-order valence-electron chi connectivity index (χ1n) is 4.62. The van der Waals surface area contributed by atoms with E-state index in [0.717, 1.165) is 6.42 Å². The second-order valence-corrected chi connectivity index (χ2v) is 3.14. The zero-order valence-corrected chi connectivity index (χ0v) is 13.9. The largest absolute Gasteiger partial charge is 0.461 e. The number of ether oxygens (including phenoxy) is 1. The van der Waals surface area contributed by atoms with Gasteiger partial charge in [0.1, 0.15) is 6.10 Å². The molecule has 2 unspecified atom stereocenters. The summed E-state index contributed by atoms with van der Waals surface area (Å²) >= 11 is 0. The molecule has 0 aromatic heterocycles. The second kappa shape index (κ2) is 10.4. The summed E-state index contributed by atoms with van der Waals surface area (Å²) in [6.07, 6.45) is 0.653. The van der Waals surface area contributed by atoms with Crippen molar-refractivity contribution in [3.8, 4) is 0 Å². The Labute approximate surface area is 121 Å². The molecular formula is C9H19AcNO3. The molecule has 0 fully saturated rings. The average molecular weight is 416 g/mol. The Morgan fingerprint density at radius 3 is 2.50 bits per heavy atom. The van der Waals surface area contributed by atoms with E-state index in [1.165, 1.54) is 0 Å². The van der Waals surface area contributed by atoms with Gasteiger partial charge in [0, 0.05) is 50.5 Å². The fraction of sp³-hybridized carbons (Fsp3) is 0.889. The number of likely N-dealkylation sites (N-methyl/N-ethyl adjacent to an activating group) is 1. The van der Waals surface area contributed by atoms with Crippen LogP contribution in [0.1, 0.15) is 26.7 Å². The maximum absolute atomic E-state index is 11.0. The molecule has 0 aliphatic heterocycles. The van der Waals surface area contributed by atoms with E-state index in [9.17, 15) is 4.79 Å². The fourth-order valence-corrected chi connectivity index (χ4v) is 1.05. The van der Waals surface area contributed by atoms with Gasteiger partial charge in [-0.15, -0.1) is 0 Å². The molecule has 0 amide bonds. The van der Waals surface area contributed by atoms with Crippen molar-refractivity contribution in [2.75, 3.05) is 13.6 Å². The molecule has 2 atom stereocenters. The first-order valence-corrected chi connectivity index (χ1v) is 4.62. The van der Waals surface area contributed by atoms with Crippen molar-refractivity contribution in [1.82, 2.24) is 5.32 Å². The summed E-state index contributed by atoms with van der Waals surface area (Å²) < 4.78 is 5.09. The number of nitrogens with one attached hydrogen (secondary N) is 1. The smallest absolute Gasteiger partial charge is 0.320 e. The predicted molar refractivity (Wildman–Crippen MR) is 50.4 cm³/mol. The van der Waals surface area contributed by atoms with Gasteiger partial charge in [0.15, 0.2) is 0 Å². The summed E-state index contributed by atoms with van der Waals surface area (Å²) in [5, 5.41) is 11.8. The zero-order chi connectivity index (χ0) is 10.3. The third-order valence-corrected chi connectivity index (χ3v) is 1.68. The van der Waals surface area contributed by atoms with E-state index in [1.807, 2.05) is 6.92 Å². The Morgan fingerprint density at radius 1 is 1.57 bits per heavy atom. The minimum atomic E-state index is -0.424. The van der Waals surface area contributed by atoms with Crippen LogP contribution in [0.3, 0.4) is 0 Å². The topological polar surface area (TPSA) is 58.6 Å². The molecule has 0 heterocycles. The SMILES string of the molecule is CCC(CC(C)O)OC(=O)CNC.[Ac]. The minimum absolute atomic E-state index is 0. The van der Waals surface area contributed by atoms with Crippen molar-refractivity contribution in [1.29, 1.82) is 0 Å². The zero-order valence-electron chi connectivity index (χ0n) is 9.12. The van der Waals surface area contributed by atoms with Gasteiger partial charge >= 0.3 is 5.97 Å². The Bertz CT molecular complexity index is 153. The van der Waals surface area contributed by atoms with E-state index in [0.29, 0.717) is 6.42 Å². The molecule has 14 heavy (non-hydrogen) atoms. The maximum Gasteiger partial charge on any atom is 0.320 e. The second-order valence-electron chi connectivity index (χ2n) is 3.14. The van der Waals surface area contributed by atoms with Gasteiger partial charge in [-0.05, 0) is 20.4 Å². The first kappa shape index (κ1) is 17.2. The quantitative estimate of drug-likeness (QED) is 0.612. The van der Waals surface area contributed by atoms with Gasteiger partial charge in [-0.25, -0.2) is 0 Å². The van der Waals surface area contributed by atoms with E-state index in [4.69, 9.17) is 9.84 Å². The number of rotatable bonds is 6. The molecule has 0 aliphatic rings. The van der Waals surface area contributed by atoms with E-state index in [2.05, 4.69) is 5.32 Å². The van der Waals surface area contributed by atoms with Crippen LogP contribution in [0.5, 0.6) is 0 Å². The summed E-state index contributed by atoms with van der Waals surface area (Å²) in [6, 6.07) is 0. The summed E-state index contributed by atoms with van der Waals surface area (Å²) in [4.78, 5) is 11.0. The number of esters is 1. The third kappa shape index (κ3) is 9.39. The number of hydrogen-bond donors (Lipinski definition) is 2. The van der Waals surface area contributed by atoms with Crippen LogP contribution < -0.4 is 5.32 Å². The van der Waals surface area contributed by atoms with Crippen LogP contribution in [-0.2, 0) is 9.53 Å². The van der Waals surface area contributed by atoms with Crippen molar-refractivity contribution in [3.63, 3.8) is 0 Å². The molecule has 2 N–H and O–H groups in total. The van der Waals surface area contributed by atoms with Crippen LogP contribution in [0.15, 0.2) is 0 Å². The van der Waals surface area contributed by atoms with Gasteiger partial charge in [-0.3, -0.25) is 4.79 Å². The van der Waals surface area contributed by atoms with E-state index in [1.54, 1.807) is 14.0 Å². The van der Waals surface area contributed by atoms with E-state index >= 15 is 0 Å². The molecule has 0 aromatic carbocycles. The number of hydrogen-bond acceptors (Lipinski definition) is 4. The molecule has 1 radical (unpaired) electrons. The summed E-state index contributed by atoms with van der Waals surface area (Å²) in [6.45, 7) is 3.84. The van der Waals surface area contributed by atoms with E-state index in [-0.39, 0.29) is 62.7 Å². The predicted octanol–water partition coefficient (Wildman–Crippen LogP) is 0.298. The normalized spacial score (nSPS) is 14.0. The maximum atomic E-state index is 11.0. The Morgan fingerprint density at radius 2 is 2.14 bits per heavy atom. The third-order valence-electron chi connectivity index (χ3n) is 1.68. The molecule has 0 aliphatic carbocycles. The monoisotopic (exact) mass is 416 g/mol. The van der Waals surface area contributed by atoms with Gasteiger partial charge in [0.2, 0.25) is 0 Å². The molecule has 0 saturated carbocycles. The Balaban J connectivity index is 0. The molecule has 0 bridgehead atoms. The van der Waals surface area contributed by atoms with Crippen LogP contribution in [0, 0.1) is 44.1 Å². The van der Waals surface area contributed by atoms with Gasteiger partial charge in [-0.2, -0.15) is 0 Å². The number of carbonyl (C=O) groups excluding carboxylic acids is 1. The van der Waals surface area contributed by atoms with Crippen LogP contribution in [0.2, 0.25) is 0 Å². The summed E-state index contributed by atoms with van der Waals surface area (Å²) in [5.74, 6) is -0.269. The first-order chi connectivity index (χ1) is 6.10. The molecule has 0 spiro atoms.